The minimum atomic E-state index is -0.362. The van der Waals surface area contributed by atoms with Gasteiger partial charge in [0.2, 0.25) is 0 Å². The Balaban J connectivity index is 1.48. The molecule has 1 aliphatic rings. The van der Waals surface area contributed by atoms with Gasteiger partial charge in [-0.1, -0.05) is 29.8 Å². The molecule has 1 fully saturated rings. The Morgan fingerprint density at radius 1 is 1.04 bits per heavy atom. The van der Waals surface area contributed by atoms with Gasteiger partial charge >= 0.3 is 0 Å². The molecule has 0 radical (unpaired) electrons. The van der Waals surface area contributed by atoms with Crippen molar-refractivity contribution < 1.29 is 4.92 Å². The molecule has 0 aromatic heterocycles. The molecule has 5 nitrogen and oxygen atoms in total. The van der Waals surface area contributed by atoms with E-state index in [1.54, 1.807) is 12.1 Å². The summed E-state index contributed by atoms with van der Waals surface area (Å²) >= 11 is 6.06. The van der Waals surface area contributed by atoms with Gasteiger partial charge in [0.15, 0.2) is 0 Å². The molecule has 2 aromatic carbocycles. The molecule has 1 heterocycles. The average Bonchev–Trinajstić information content (AvgIpc) is 2.61. The van der Waals surface area contributed by atoms with E-state index in [-0.39, 0.29) is 10.6 Å². The highest BCUT2D eigenvalue weighted by Crippen LogP contribution is 2.21. The molecule has 0 unspecified atom stereocenters. The first-order chi connectivity index (χ1) is 11.6. The number of rotatable bonds is 5. The molecule has 0 saturated carbocycles. The maximum Gasteiger partial charge on any atom is 0.269 e. The van der Waals surface area contributed by atoms with Gasteiger partial charge in [-0.25, -0.2) is 0 Å². The summed E-state index contributed by atoms with van der Waals surface area (Å²) in [6, 6.07) is 14.8. The summed E-state index contributed by atoms with van der Waals surface area (Å²) in [4.78, 5) is 15.1. The van der Waals surface area contributed by atoms with Crippen molar-refractivity contribution >= 4 is 23.0 Å². The van der Waals surface area contributed by atoms with Crippen LogP contribution in [-0.4, -0.2) is 42.5 Å². The van der Waals surface area contributed by atoms with E-state index in [1.165, 1.54) is 5.69 Å². The van der Waals surface area contributed by atoms with Gasteiger partial charge in [0, 0.05) is 55.6 Å². The van der Waals surface area contributed by atoms with E-state index in [4.69, 9.17) is 11.6 Å². The maximum atomic E-state index is 10.7. The molecule has 0 aliphatic carbocycles. The lowest BCUT2D eigenvalue weighted by atomic mass is 10.1. The maximum absolute atomic E-state index is 10.7. The molecule has 0 bridgehead atoms. The van der Waals surface area contributed by atoms with Crippen LogP contribution >= 0.6 is 11.6 Å². The van der Waals surface area contributed by atoms with Gasteiger partial charge in [0.25, 0.3) is 5.69 Å². The summed E-state index contributed by atoms with van der Waals surface area (Å²) in [7, 11) is 0. The predicted molar refractivity (Wildman–Crippen MR) is 96.9 cm³/mol. The Morgan fingerprint density at radius 3 is 2.38 bits per heavy atom. The smallest absolute Gasteiger partial charge is 0.269 e. The van der Waals surface area contributed by atoms with Crippen LogP contribution in [0.1, 0.15) is 5.56 Å². The van der Waals surface area contributed by atoms with Crippen molar-refractivity contribution in [1.82, 2.24) is 4.90 Å². The third-order valence-corrected chi connectivity index (χ3v) is 4.64. The molecule has 24 heavy (non-hydrogen) atoms. The van der Waals surface area contributed by atoms with Crippen molar-refractivity contribution in [2.24, 2.45) is 0 Å². The Hall–Kier alpha value is -2.11. The lowest BCUT2D eigenvalue weighted by Gasteiger charge is -2.36. The quantitative estimate of drug-likeness (QED) is 0.613. The first-order valence-corrected chi connectivity index (χ1v) is 8.46. The third-order valence-electron chi connectivity index (χ3n) is 4.41. The summed E-state index contributed by atoms with van der Waals surface area (Å²) in [6.45, 7) is 4.97. The fourth-order valence-electron chi connectivity index (χ4n) is 2.97. The summed E-state index contributed by atoms with van der Waals surface area (Å²) in [5, 5.41) is 11.4. The molecule has 3 rings (SSSR count). The molecular formula is C18H20ClN3O2. The van der Waals surface area contributed by atoms with Gasteiger partial charge < -0.3 is 4.90 Å². The zero-order valence-electron chi connectivity index (χ0n) is 13.4. The Kier molecular flexibility index (Phi) is 5.33. The number of nitrogens with zero attached hydrogens (tertiary/aromatic N) is 3. The van der Waals surface area contributed by atoms with E-state index in [1.807, 2.05) is 30.3 Å². The van der Waals surface area contributed by atoms with Crippen molar-refractivity contribution in [3.05, 3.63) is 69.2 Å². The highest BCUT2D eigenvalue weighted by molar-refractivity contribution is 6.30. The van der Waals surface area contributed by atoms with Gasteiger partial charge in [0.05, 0.1) is 4.92 Å². The number of piperazine rings is 1. The number of halogens is 1. The lowest BCUT2D eigenvalue weighted by Crippen LogP contribution is -2.47. The third kappa shape index (κ3) is 4.24. The van der Waals surface area contributed by atoms with E-state index in [2.05, 4.69) is 15.9 Å². The van der Waals surface area contributed by atoms with Crippen LogP contribution in [0.5, 0.6) is 0 Å². The van der Waals surface area contributed by atoms with Crippen LogP contribution in [0, 0.1) is 10.1 Å². The fraction of sp³-hybridized carbons (Fsp3) is 0.333. The van der Waals surface area contributed by atoms with Gasteiger partial charge in [-0.05, 0) is 30.2 Å². The summed E-state index contributed by atoms with van der Waals surface area (Å²) in [6.07, 6.45) is 0.912. The molecule has 6 heteroatoms. The highest BCUT2D eigenvalue weighted by Gasteiger charge is 2.17. The summed E-state index contributed by atoms with van der Waals surface area (Å²) in [5.41, 5.74) is 2.46. The highest BCUT2D eigenvalue weighted by atomic mass is 35.5. The first-order valence-electron chi connectivity index (χ1n) is 8.08. The van der Waals surface area contributed by atoms with Crippen molar-refractivity contribution in [3.8, 4) is 0 Å². The number of anilines is 1. The monoisotopic (exact) mass is 345 g/mol. The van der Waals surface area contributed by atoms with E-state index in [0.29, 0.717) is 0 Å². The Bertz CT molecular complexity index is 698. The standard InChI is InChI=1S/C18H20ClN3O2/c19-16-2-1-3-18(14-16)21-12-10-20(11-13-21)9-8-15-4-6-17(7-5-15)22(23)24/h1-7,14H,8-13H2. The van der Waals surface area contributed by atoms with E-state index in [9.17, 15) is 10.1 Å². The predicted octanol–water partition coefficient (Wildman–Crippen LogP) is 3.61. The van der Waals surface area contributed by atoms with Crippen LogP contribution in [0.2, 0.25) is 5.02 Å². The van der Waals surface area contributed by atoms with Crippen molar-refractivity contribution in [2.45, 2.75) is 6.42 Å². The Morgan fingerprint density at radius 2 is 1.75 bits per heavy atom. The molecule has 0 atom stereocenters. The minimum Gasteiger partial charge on any atom is -0.369 e. The topological polar surface area (TPSA) is 49.6 Å². The van der Waals surface area contributed by atoms with Gasteiger partial charge in [-0.3, -0.25) is 15.0 Å². The van der Waals surface area contributed by atoms with Gasteiger partial charge in [0.1, 0.15) is 0 Å². The average molecular weight is 346 g/mol. The van der Waals surface area contributed by atoms with Crippen LogP contribution in [0.15, 0.2) is 48.5 Å². The van der Waals surface area contributed by atoms with Crippen LogP contribution in [0.4, 0.5) is 11.4 Å². The number of hydrogen-bond acceptors (Lipinski definition) is 4. The van der Waals surface area contributed by atoms with Gasteiger partial charge in [-0.2, -0.15) is 0 Å². The van der Waals surface area contributed by atoms with Crippen molar-refractivity contribution in [2.75, 3.05) is 37.6 Å². The van der Waals surface area contributed by atoms with Gasteiger partial charge in [-0.15, -0.1) is 0 Å². The van der Waals surface area contributed by atoms with E-state index >= 15 is 0 Å². The number of non-ortho nitro benzene ring substituents is 1. The van der Waals surface area contributed by atoms with Crippen molar-refractivity contribution in [1.29, 1.82) is 0 Å². The van der Waals surface area contributed by atoms with E-state index in [0.717, 1.165) is 49.7 Å². The number of hydrogen-bond donors (Lipinski definition) is 0. The molecule has 1 saturated heterocycles. The number of nitro benzene ring substituents is 1. The fourth-order valence-corrected chi connectivity index (χ4v) is 3.16. The summed E-state index contributed by atoms with van der Waals surface area (Å²) in [5.74, 6) is 0. The zero-order valence-corrected chi connectivity index (χ0v) is 14.2. The molecule has 1 aliphatic heterocycles. The normalized spacial score (nSPS) is 15.5. The molecule has 2 aromatic rings. The lowest BCUT2D eigenvalue weighted by molar-refractivity contribution is -0.384. The molecule has 0 amide bonds. The second-order valence-electron chi connectivity index (χ2n) is 5.98. The number of benzene rings is 2. The largest absolute Gasteiger partial charge is 0.369 e. The van der Waals surface area contributed by atoms with Crippen LogP contribution in [0.25, 0.3) is 0 Å². The number of nitro groups is 1. The van der Waals surface area contributed by atoms with Crippen LogP contribution in [0.3, 0.4) is 0 Å². The zero-order chi connectivity index (χ0) is 16.9. The first kappa shape index (κ1) is 16.7. The molecule has 126 valence electrons. The van der Waals surface area contributed by atoms with Crippen LogP contribution < -0.4 is 4.90 Å². The van der Waals surface area contributed by atoms with E-state index < -0.39 is 0 Å². The second kappa shape index (κ2) is 7.64. The summed E-state index contributed by atoms with van der Waals surface area (Å²) < 4.78 is 0. The second-order valence-corrected chi connectivity index (χ2v) is 6.42. The minimum absolute atomic E-state index is 0.147. The van der Waals surface area contributed by atoms with Crippen molar-refractivity contribution in [3.63, 3.8) is 0 Å². The molecule has 0 spiro atoms. The SMILES string of the molecule is O=[N+]([O-])c1ccc(CCN2CCN(c3cccc(Cl)c3)CC2)cc1. The molecule has 0 N–H and O–H groups in total. The Labute approximate surface area is 146 Å². The van der Waals surface area contributed by atoms with Crippen LogP contribution in [-0.2, 0) is 6.42 Å². The molecular weight excluding hydrogens is 326 g/mol.